The van der Waals surface area contributed by atoms with Crippen molar-refractivity contribution < 1.29 is 22.7 Å². The minimum atomic E-state index is -4.33. The van der Waals surface area contributed by atoms with Gasteiger partial charge < -0.3 is 15.4 Å². The van der Waals surface area contributed by atoms with E-state index in [1.165, 1.54) is 18.1 Å². The molecule has 1 atom stereocenters. The molecule has 3 N–H and O–H groups in total. The molecule has 1 aromatic carbocycles. The van der Waals surface area contributed by atoms with Crippen LogP contribution < -0.4 is 15.2 Å². The van der Waals surface area contributed by atoms with Crippen LogP contribution in [0.5, 0.6) is 5.75 Å². The summed E-state index contributed by atoms with van der Waals surface area (Å²) in [7, 11) is -2.98. The van der Waals surface area contributed by atoms with Crippen molar-refractivity contribution in [1.82, 2.24) is 19.5 Å². The number of para-hydroxylation sites is 1. The number of amides is 2. The van der Waals surface area contributed by atoms with E-state index in [4.69, 9.17) is 10.5 Å². The van der Waals surface area contributed by atoms with Gasteiger partial charge in [-0.3, -0.25) is 19.5 Å². The fourth-order valence-electron chi connectivity index (χ4n) is 4.07. The number of hydrogen-bond donors (Lipinski definition) is 2. The molecule has 1 aromatic heterocycles. The Labute approximate surface area is 192 Å². The zero-order chi connectivity index (χ0) is 23.6. The molecule has 0 radical (unpaired) electrons. The first-order chi connectivity index (χ1) is 15.8. The van der Waals surface area contributed by atoms with Gasteiger partial charge in [-0.15, -0.1) is 0 Å². The Hall–Kier alpha value is -3.02. The summed E-state index contributed by atoms with van der Waals surface area (Å²) in [5, 5.41) is 0. The number of aromatic nitrogens is 1. The van der Waals surface area contributed by atoms with E-state index in [1.54, 1.807) is 36.7 Å². The van der Waals surface area contributed by atoms with Crippen LogP contribution >= 0.6 is 0 Å². The van der Waals surface area contributed by atoms with Gasteiger partial charge in [-0.25, -0.2) is 8.42 Å². The fraction of sp³-hybridized carbons (Fsp3) is 0.409. The van der Waals surface area contributed by atoms with E-state index >= 15 is 0 Å². The molecular weight excluding hydrogens is 446 g/mol. The highest BCUT2D eigenvalue weighted by molar-refractivity contribution is 7.89. The second kappa shape index (κ2) is 9.46. The minimum Gasteiger partial charge on any atom is -0.495 e. The molecule has 2 amide bonds. The maximum Gasteiger partial charge on any atom is 0.250 e. The molecule has 1 saturated carbocycles. The first kappa shape index (κ1) is 23.1. The van der Waals surface area contributed by atoms with E-state index in [-0.39, 0.29) is 10.6 Å². The maximum absolute atomic E-state index is 13.3. The van der Waals surface area contributed by atoms with Crippen LogP contribution in [-0.4, -0.2) is 80.4 Å². The number of nitrogens with two attached hydrogens (primary N) is 1. The molecular formula is C22H27N5O5S. The average molecular weight is 474 g/mol. The number of rotatable bonds is 8. The smallest absolute Gasteiger partial charge is 0.250 e. The largest absolute Gasteiger partial charge is 0.495 e. The van der Waals surface area contributed by atoms with Gasteiger partial charge in [0.15, 0.2) is 6.04 Å². The summed E-state index contributed by atoms with van der Waals surface area (Å²) in [5.41, 5.74) is 6.60. The van der Waals surface area contributed by atoms with Gasteiger partial charge in [0.1, 0.15) is 10.6 Å². The predicted molar refractivity (Wildman–Crippen MR) is 121 cm³/mol. The van der Waals surface area contributed by atoms with Crippen LogP contribution in [0.4, 0.5) is 0 Å². The van der Waals surface area contributed by atoms with E-state index in [2.05, 4.69) is 14.6 Å². The molecule has 2 aromatic rings. The normalized spacial score (nSPS) is 18.0. The number of pyridine rings is 1. The summed E-state index contributed by atoms with van der Waals surface area (Å²) in [6.07, 6.45) is 5.51. The van der Waals surface area contributed by atoms with Crippen molar-refractivity contribution >= 4 is 21.8 Å². The van der Waals surface area contributed by atoms with E-state index in [9.17, 15) is 18.0 Å². The molecule has 176 valence electrons. The molecule has 4 rings (SSSR count). The summed E-state index contributed by atoms with van der Waals surface area (Å²) >= 11 is 0. The number of hydrogen-bond acceptors (Lipinski definition) is 7. The standard InChI is InChI=1S/C22H27N5O5S/c1-32-20-17(15-4-3-9-24-14-15)5-2-6-18(20)33(30,31)25-19(21(23)28)22(29)27-12-10-26(11-13-27)16-7-8-16/h2-6,9,14,16,19,25H,7-8,10-13H2,1H3,(H2,23,28)/t19-/m0/s1. The van der Waals surface area contributed by atoms with Gasteiger partial charge in [0.2, 0.25) is 15.9 Å². The van der Waals surface area contributed by atoms with Crippen LogP contribution in [0, 0.1) is 0 Å². The molecule has 1 aliphatic carbocycles. The predicted octanol–water partition coefficient (Wildman–Crippen LogP) is 0.196. The third kappa shape index (κ3) is 5.00. The average Bonchev–Trinajstić information content (AvgIpc) is 3.68. The van der Waals surface area contributed by atoms with Gasteiger partial charge in [0.25, 0.3) is 5.91 Å². The fourth-order valence-corrected chi connectivity index (χ4v) is 5.42. The zero-order valence-corrected chi connectivity index (χ0v) is 19.1. The number of nitrogens with one attached hydrogen (secondary N) is 1. The Balaban J connectivity index is 1.57. The lowest BCUT2D eigenvalue weighted by Gasteiger charge is -2.36. The molecule has 1 aliphatic heterocycles. The van der Waals surface area contributed by atoms with Gasteiger partial charge in [0, 0.05) is 55.7 Å². The Bertz CT molecular complexity index is 1130. The number of methoxy groups -OCH3 is 1. The maximum atomic E-state index is 13.3. The van der Waals surface area contributed by atoms with Crippen LogP contribution in [0.25, 0.3) is 11.1 Å². The molecule has 2 aliphatic rings. The lowest BCUT2D eigenvalue weighted by atomic mass is 10.1. The number of nitrogens with zero attached hydrogens (tertiary/aromatic N) is 3. The third-order valence-electron chi connectivity index (χ3n) is 5.94. The third-order valence-corrected chi connectivity index (χ3v) is 7.39. The Kier molecular flexibility index (Phi) is 6.63. The molecule has 0 bridgehead atoms. The highest BCUT2D eigenvalue weighted by Gasteiger charge is 2.38. The molecule has 0 spiro atoms. The summed E-state index contributed by atoms with van der Waals surface area (Å²) < 4.78 is 34.1. The molecule has 0 unspecified atom stereocenters. The number of ether oxygens (including phenoxy) is 1. The lowest BCUT2D eigenvalue weighted by Crippen LogP contribution is -2.58. The Morgan fingerprint density at radius 3 is 2.45 bits per heavy atom. The Morgan fingerprint density at radius 2 is 1.88 bits per heavy atom. The molecule has 1 saturated heterocycles. The quantitative estimate of drug-likeness (QED) is 0.523. The second-order valence-electron chi connectivity index (χ2n) is 8.13. The molecule has 11 heteroatoms. The number of carbonyl (C=O) groups excluding carboxylic acids is 2. The summed E-state index contributed by atoms with van der Waals surface area (Å²) in [5.74, 6) is -1.63. The summed E-state index contributed by atoms with van der Waals surface area (Å²) in [4.78, 5) is 32.8. The van der Waals surface area contributed by atoms with Crippen molar-refractivity contribution in [2.45, 2.75) is 29.8 Å². The minimum absolute atomic E-state index is 0.0757. The zero-order valence-electron chi connectivity index (χ0n) is 18.3. The first-order valence-corrected chi connectivity index (χ1v) is 12.2. The number of sulfonamides is 1. The van der Waals surface area contributed by atoms with Crippen LogP contribution in [0.15, 0.2) is 47.6 Å². The van der Waals surface area contributed by atoms with Gasteiger partial charge in [-0.05, 0) is 25.0 Å². The van der Waals surface area contributed by atoms with Gasteiger partial charge >= 0.3 is 0 Å². The molecule has 10 nitrogen and oxygen atoms in total. The molecule has 2 fully saturated rings. The number of primary amides is 1. The summed E-state index contributed by atoms with van der Waals surface area (Å²) in [6.45, 7) is 2.21. The van der Waals surface area contributed by atoms with Crippen molar-refractivity contribution in [2.75, 3.05) is 33.3 Å². The topological polar surface area (TPSA) is 135 Å². The van der Waals surface area contributed by atoms with Crippen LogP contribution in [0.1, 0.15) is 12.8 Å². The highest BCUT2D eigenvalue weighted by Crippen LogP contribution is 2.35. The van der Waals surface area contributed by atoms with Crippen molar-refractivity contribution in [3.05, 3.63) is 42.7 Å². The van der Waals surface area contributed by atoms with E-state index in [0.29, 0.717) is 43.3 Å². The summed E-state index contributed by atoms with van der Waals surface area (Å²) in [6, 6.07) is 6.95. The number of carbonyl (C=O) groups is 2. The van der Waals surface area contributed by atoms with Crippen molar-refractivity contribution in [3.63, 3.8) is 0 Å². The SMILES string of the molecule is COc1c(-c2cccnc2)cccc1S(=O)(=O)N[C@@H](C(N)=O)C(=O)N1CCN(C2CC2)CC1. The van der Waals surface area contributed by atoms with Gasteiger partial charge in [-0.1, -0.05) is 18.2 Å². The highest BCUT2D eigenvalue weighted by atomic mass is 32.2. The van der Waals surface area contributed by atoms with Gasteiger partial charge in [0.05, 0.1) is 7.11 Å². The lowest BCUT2D eigenvalue weighted by molar-refractivity contribution is -0.139. The monoisotopic (exact) mass is 473 g/mol. The first-order valence-electron chi connectivity index (χ1n) is 10.7. The van der Waals surface area contributed by atoms with E-state index in [1.807, 2.05) is 0 Å². The van der Waals surface area contributed by atoms with Crippen LogP contribution in [0.2, 0.25) is 0 Å². The van der Waals surface area contributed by atoms with E-state index < -0.39 is 27.9 Å². The van der Waals surface area contributed by atoms with E-state index in [0.717, 1.165) is 12.8 Å². The Morgan fingerprint density at radius 1 is 1.15 bits per heavy atom. The van der Waals surface area contributed by atoms with Gasteiger partial charge in [-0.2, -0.15) is 4.72 Å². The molecule has 33 heavy (non-hydrogen) atoms. The number of piperazine rings is 1. The second-order valence-corrected chi connectivity index (χ2v) is 9.81. The number of benzene rings is 1. The van der Waals surface area contributed by atoms with Crippen molar-refractivity contribution in [3.8, 4) is 16.9 Å². The molecule has 2 heterocycles. The van der Waals surface area contributed by atoms with Crippen molar-refractivity contribution in [1.29, 1.82) is 0 Å². The van der Waals surface area contributed by atoms with Crippen LogP contribution in [-0.2, 0) is 19.6 Å². The van der Waals surface area contributed by atoms with Crippen LogP contribution in [0.3, 0.4) is 0 Å². The van der Waals surface area contributed by atoms with Crippen molar-refractivity contribution in [2.24, 2.45) is 5.73 Å².